The highest BCUT2D eigenvalue weighted by molar-refractivity contribution is 5.76. The lowest BCUT2D eigenvalue weighted by Gasteiger charge is -2.32. The second kappa shape index (κ2) is 7.48. The first-order valence-corrected chi connectivity index (χ1v) is 7.70. The number of amides is 2. The lowest BCUT2D eigenvalue weighted by Crippen LogP contribution is -2.45. The quantitative estimate of drug-likeness (QED) is 0.766. The van der Waals surface area contributed by atoms with Gasteiger partial charge in [-0.15, -0.1) is 0 Å². The maximum absolute atomic E-state index is 12.1. The van der Waals surface area contributed by atoms with Crippen LogP contribution in [0.2, 0.25) is 0 Å². The summed E-state index contributed by atoms with van der Waals surface area (Å²) in [6, 6.07) is -0.165. The largest absolute Gasteiger partial charge is 0.481 e. The van der Waals surface area contributed by atoms with Crippen LogP contribution < -0.4 is 5.32 Å². The van der Waals surface area contributed by atoms with Gasteiger partial charge in [-0.3, -0.25) is 4.79 Å². The first-order chi connectivity index (χ1) is 9.75. The number of aliphatic carboxylic acids is 1. The molecule has 0 saturated carbocycles. The number of nitrogens with zero attached hydrogens (tertiary/aromatic N) is 1. The number of carboxylic acid groups (broad SMARTS) is 1. The maximum atomic E-state index is 12.1. The van der Waals surface area contributed by atoms with Gasteiger partial charge in [-0.1, -0.05) is 45.8 Å². The summed E-state index contributed by atoms with van der Waals surface area (Å²) in [7, 11) is 0. The molecule has 0 radical (unpaired) electrons. The van der Waals surface area contributed by atoms with Gasteiger partial charge in [0.1, 0.15) is 0 Å². The molecule has 2 N–H and O–H groups in total. The van der Waals surface area contributed by atoms with Gasteiger partial charge in [-0.05, 0) is 18.3 Å². The van der Waals surface area contributed by atoms with Crippen molar-refractivity contribution in [2.45, 2.75) is 47.0 Å². The lowest BCUT2D eigenvalue weighted by molar-refractivity contribution is -0.141. The van der Waals surface area contributed by atoms with Crippen molar-refractivity contribution in [3.63, 3.8) is 0 Å². The van der Waals surface area contributed by atoms with E-state index in [1.807, 2.05) is 6.92 Å². The summed E-state index contributed by atoms with van der Waals surface area (Å²) in [5.74, 6) is -1.34. The molecule has 0 aliphatic carbocycles. The monoisotopic (exact) mass is 296 g/mol. The van der Waals surface area contributed by atoms with E-state index in [1.165, 1.54) is 5.57 Å². The Balaban J connectivity index is 2.47. The SMILES string of the molecule is CCCC(CNC(=O)N1CC=C(C(C)(C)C)CC1)C(=O)O. The third-order valence-electron chi connectivity index (χ3n) is 3.95. The van der Waals surface area contributed by atoms with E-state index >= 15 is 0 Å². The van der Waals surface area contributed by atoms with Crippen LogP contribution in [0.15, 0.2) is 11.6 Å². The van der Waals surface area contributed by atoms with E-state index in [1.54, 1.807) is 4.90 Å². The van der Waals surface area contributed by atoms with Gasteiger partial charge in [0.25, 0.3) is 0 Å². The fraction of sp³-hybridized carbons (Fsp3) is 0.750. The number of carbonyl (C=O) groups is 2. The Morgan fingerprint density at radius 1 is 1.43 bits per heavy atom. The molecule has 0 saturated heterocycles. The van der Waals surface area contributed by atoms with Crippen molar-refractivity contribution in [2.75, 3.05) is 19.6 Å². The number of carbonyl (C=O) groups excluding carboxylic acids is 1. The molecule has 1 atom stereocenters. The highest BCUT2D eigenvalue weighted by atomic mass is 16.4. The van der Waals surface area contributed by atoms with Gasteiger partial charge in [-0.25, -0.2) is 4.79 Å². The van der Waals surface area contributed by atoms with Crippen molar-refractivity contribution in [3.8, 4) is 0 Å². The van der Waals surface area contributed by atoms with Gasteiger partial charge in [0.2, 0.25) is 0 Å². The van der Waals surface area contributed by atoms with Crippen LogP contribution >= 0.6 is 0 Å². The van der Waals surface area contributed by atoms with Crippen molar-refractivity contribution in [2.24, 2.45) is 11.3 Å². The van der Waals surface area contributed by atoms with Crippen LogP contribution in [0, 0.1) is 11.3 Å². The molecule has 0 aromatic heterocycles. The summed E-state index contributed by atoms with van der Waals surface area (Å²) < 4.78 is 0. The predicted molar refractivity (Wildman–Crippen MR) is 83.2 cm³/mol. The van der Waals surface area contributed by atoms with Crippen molar-refractivity contribution in [3.05, 3.63) is 11.6 Å². The fourth-order valence-corrected chi connectivity index (χ4v) is 2.52. The summed E-state index contributed by atoms with van der Waals surface area (Å²) in [5.41, 5.74) is 1.53. The van der Waals surface area contributed by atoms with Gasteiger partial charge >= 0.3 is 12.0 Å². The molecule has 0 spiro atoms. The summed E-state index contributed by atoms with van der Waals surface area (Å²) in [5, 5.41) is 11.8. The molecule has 1 aliphatic heterocycles. The number of hydrogen-bond acceptors (Lipinski definition) is 2. The molecular formula is C16H28N2O3. The summed E-state index contributed by atoms with van der Waals surface area (Å²) in [6.07, 6.45) is 4.38. The van der Waals surface area contributed by atoms with E-state index in [0.717, 1.165) is 12.8 Å². The number of hydrogen-bond donors (Lipinski definition) is 2. The van der Waals surface area contributed by atoms with Crippen LogP contribution in [-0.4, -0.2) is 41.6 Å². The zero-order valence-electron chi connectivity index (χ0n) is 13.6. The summed E-state index contributed by atoms with van der Waals surface area (Å²) in [4.78, 5) is 24.9. The van der Waals surface area contributed by atoms with Gasteiger partial charge in [-0.2, -0.15) is 0 Å². The second-order valence-electron chi connectivity index (χ2n) is 6.69. The van der Waals surface area contributed by atoms with Crippen LogP contribution in [0.1, 0.15) is 47.0 Å². The number of nitrogens with one attached hydrogen (secondary N) is 1. The van der Waals surface area contributed by atoms with Crippen molar-refractivity contribution < 1.29 is 14.7 Å². The maximum Gasteiger partial charge on any atom is 0.317 e. The highest BCUT2D eigenvalue weighted by Crippen LogP contribution is 2.29. The molecule has 0 aromatic carbocycles. The molecule has 0 fully saturated rings. The fourth-order valence-electron chi connectivity index (χ4n) is 2.52. The van der Waals surface area contributed by atoms with Crippen LogP contribution in [0.5, 0.6) is 0 Å². The van der Waals surface area contributed by atoms with Crippen LogP contribution in [0.4, 0.5) is 4.79 Å². The van der Waals surface area contributed by atoms with E-state index < -0.39 is 11.9 Å². The molecule has 1 heterocycles. The topological polar surface area (TPSA) is 69.6 Å². The molecular weight excluding hydrogens is 268 g/mol. The predicted octanol–water partition coefficient (Wildman–Crippen LogP) is 2.88. The van der Waals surface area contributed by atoms with Crippen molar-refractivity contribution in [1.29, 1.82) is 0 Å². The first kappa shape index (κ1) is 17.5. The average Bonchev–Trinajstić information content (AvgIpc) is 2.42. The highest BCUT2D eigenvalue weighted by Gasteiger charge is 2.24. The number of carboxylic acids is 1. The van der Waals surface area contributed by atoms with Gasteiger partial charge in [0.15, 0.2) is 0 Å². The van der Waals surface area contributed by atoms with E-state index in [9.17, 15) is 9.59 Å². The number of urea groups is 1. The van der Waals surface area contributed by atoms with E-state index in [2.05, 4.69) is 32.2 Å². The number of rotatable bonds is 5. The van der Waals surface area contributed by atoms with Crippen LogP contribution in [0.3, 0.4) is 0 Å². The van der Waals surface area contributed by atoms with Gasteiger partial charge < -0.3 is 15.3 Å². The third kappa shape index (κ3) is 5.40. The van der Waals surface area contributed by atoms with E-state index in [0.29, 0.717) is 19.5 Å². The Morgan fingerprint density at radius 2 is 2.10 bits per heavy atom. The molecule has 0 aromatic rings. The zero-order valence-corrected chi connectivity index (χ0v) is 13.6. The normalized spacial score (nSPS) is 17.1. The van der Waals surface area contributed by atoms with Crippen LogP contribution in [0.25, 0.3) is 0 Å². The minimum atomic E-state index is -0.842. The molecule has 1 unspecified atom stereocenters. The van der Waals surface area contributed by atoms with E-state index in [4.69, 9.17) is 5.11 Å². The molecule has 5 nitrogen and oxygen atoms in total. The minimum Gasteiger partial charge on any atom is -0.481 e. The second-order valence-corrected chi connectivity index (χ2v) is 6.69. The Labute approximate surface area is 127 Å². The molecule has 120 valence electrons. The van der Waals surface area contributed by atoms with E-state index in [-0.39, 0.29) is 18.0 Å². The van der Waals surface area contributed by atoms with Gasteiger partial charge in [0, 0.05) is 19.6 Å². The molecule has 2 amide bonds. The van der Waals surface area contributed by atoms with Crippen molar-refractivity contribution >= 4 is 12.0 Å². The minimum absolute atomic E-state index is 0.151. The summed E-state index contributed by atoms with van der Waals surface area (Å²) in [6.45, 7) is 9.98. The zero-order chi connectivity index (χ0) is 16.0. The molecule has 1 aliphatic rings. The molecule has 1 rings (SSSR count). The Kier molecular flexibility index (Phi) is 6.24. The van der Waals surface area contributed by atoms with Crippen molar-refractivity contribution in [1.82, 2.24) is 10.2 Å². The van der Waals surface area contributed by atoms with Crippen LogP contribution in [-0.2, 0) is 4.79 Å². The standard InChI is InChI=1S/C16H28N2O3/c1-5-6-12(14(19)20)11-17-15(21)18-9-7-13(8-10-18)16(2,3)4/h7,12H,5-6,8-11H2,1-4H3,(H,17,21)(H,19,20). The third-order valence-corrected chi connectivity index (χ3v) is 3.95. The average molecular weight is 296 g/mol. The Morgan fingerprint density at radius 3 is 2.52 bits per heavy atom. The smallest absolute Gasteiger partial charge is 0.317 e. The molecule has 21 heavy (non-hydrogen) atoms. The Bertz CT molecular complexity index is 410. The Hall–Kier alpha value is -1.52. The summed E-state index contributed by atoms with van der Waals surface area (Å²) >= 11 is 0. The molecule has 5 heteroatoms. The molecule has 0 bridgehead atoms. The lowest BCUT2D eigenvalue weighted by atomic mass is 9.83. The first-order valence-electron chi connectivity index (χ1n) is 7.70. The van der Waals surface area contributed by atoms with Gasteiger partial charge in [0.05, 0.1) is 5.92 Å².